The fraction of sp³-hybridized carbons (Fsp3) is 0.154. The number of pyridine rings is 1. The van der Waals surface area contributed by atoms with E-state index in [4.69, 9.17) is 16.3 Å². The SMILES string of the molecule is Cc1cccc(Oc2cc([N+](=O)[O-])cc(Cl)n2)c1C. The van der Waals surface area contributed by atoms with Crippen molar-refractivity contribution in [2.45, 2.75) is 13.8 Å². The van der Waals surface area contributed by atoms with Crippen molar-refractivity contribution in [2.24, 2.45) is 0 Å². The molecule has 0 aliphatic carbocycles. The lowest BCUT2D eigenvalue weighted by molar-refractivity contribution is -0.385. The number of halogens is 1. The molecule has 2 rings (SSSR count). The highest BCUT2D eigenvalue weighted by molar-refractivity contribution is 6.29. The van der Waals surface area contributed by atoms with Gasteiger partial charge in [-0.1, -0.05) is 23.7 Å². The predicted molar refractivity (Wildman–Crippen MR) is 71.9 cm³/mol. The van der Waals surface area contributed by atoms with E-state index in [9.17, 15) is 10.1 Å². The highest BCUT2D eigenvalue weighted by atomic mass is 35.5. The van der Waals surface area contributed by atoms with Crippen molar-refractivity contribution in [3.05, 3.63) is 56.7 Å². The highest BCUT2D eigenvalue weighted by Gasteiger charge is 2.12. The number of nitrogens with zero attached hydrogens (tertiary/aromatic N) is 2. The smallest absolute Gasteiger partial charge is 0.277 e. The van der Waals surface area contributed by atoms with E-state index in [0.29, 0.717) is 5.75 Å². The molecule has 0 spiro atoms. The minimum atomic E-state index is -0.538. The molecule has 0 aliphatic heterocycles. The number of hydrogen-bond acceptors (Lipinski definition) is 4. The van der Waals surface area contributed by atoms with E-state index in [2.05, 4.69) is 4.98 Å². The lowest BCUT2D eigenvalue weighted by Crippen LogP contribution is -1.95. The molecule has 1 aromatic carbocycles. The summed E-state index contributed by atoms with van der Waals surface area (Å²) in [5, 5.41) is 10.8. The molecule has 0 fully saturated rings. The van der Waals surface area contributed by atoms with Crippen LogP contribution < -0.4 is 4.74 Å². The molecule has 1 heterocycles. The third-order valence-electron chi connectivity index (χ3n) is 2.74. The molecule has 0 saturated heterocycles. The quantitative estimate of drug-likeness (QED) is 0.482. The second-order valence-electron chi connectivity index (χ2n) is 4.04. The first-order chi connectivity index (χ1) is 8.97. The van der Waals surface area contributed by atoms with Crippen molar-refractivity contribution in [2.75, 3.05) is 0 Å². The van der Waals surface area contributed by atoms with Crippen LogP contribution in [-0.2, 0) is 0 Å². The molecule has 5 nitrogen and oxygen atoms in total. The fourth-order valence-electron chi connectivity index (χ4n) is 1.57. The molecule has 0 N–H and O–H groups in total. The summed E-state index contributed by atoms with van der Waals surface area (Å²) in [4.78, 5) is 14.1. The number of aromatic nitrogens is 1. The number of nitro groups is 1. The zero-order valence-electron chi connectivity index (χ0n) is 10.4. The van der Waals surface area contributed by atoms with E-state index in [0.717, 1.165) is 11.1 Å². The Kier molecular flexibility index (Phi) is 3.66. The minimum absolute atomic E-state index is 0.0227. The van der Waals surface area contributed by atoms with Gasteiger partial charge >= 0.3 is 0 Å². The Bertz CT molecular complexity index is 644. The normalized spacial score (nSPS) is 10.3. The van der Waals surface area contributed by atoms with Gasteiger partial charge < -0.3 is 4.74 Å². The van der Waals surface area contributed by atoms with Gasteiger partial charge in [0.25, 0.3) is 5.69 Å². The van der Waals surface area contributed by atoms with Crippen molar-refractivity contribution in [1.82, 2.24) is 4.98 Å². The maximum absolute atomic E-state index is 10.7. The van der Waals surface area contributed by atoms with Gasteiger partial charge in [0, 0.05) is 0 Å². The number of aryl methyl sites for hydroxylation is 1. The Hall–Kier alpha value is -2.14. The lowest BCUT2D eigenvalue weighted by Gasteiger charge is -2.09. The maximum Gasteiger partial charge on any atom is 0.277 e. The van der Waals surface area contributed by atoms with E-state index in [-0.39, 0.29) is 16.7 Å². The van der Waals surface area contributed by atoms with E-state index in [1.807, 2.05) is 26.0 Å². The Morgan fingerprint density at radius 3 is 2.74 bits per heavy atom. The third-order valence-corrected chi connectivity index (χ3v) is 2.93. The number of rotatable bonds is 3. The lowest BCUT2D eigenvalue weighted by atomic mass is 10.1. The molecule has 0 unspecified atom stereocenters. The summed E-state index contributed by atoms with van der Waals surface area (Å²) in [6, 6.07) is 7.99. The molecule has 0 amide bonds. The maximum atomic E-state index is 10.7. The van der Waals surface area contributed by atoms with E-state index in [1.54, 1.807) is 6.07 Å². The van der Waals surface area contributed by atoms with Crippen molar-refractivity contribution < 1.29 is 9.66 Å². The predicted octanol–water partition coefficient (Wildman–Crippen LogP) is 4.05. The van der Waals surface area contributed by atoms with E-state index >= 15 is 0 Å². The van der Waals surface area contributed by atoms with Crippen LogP contribution in [0.3, 0.4) is 0 Å². The Labute approximate surface area is 115 Å². The average Bonchev–Trinajstić information content (AvgIpc) is 2.34. The van der Waals surface area contributed by atoms with Crippen LogP contribution in [0.1, 0.15) is 11.1 Å². The van der Waals surface area contributed by atoms with E-state index in [1.165, 1.54) is 12.1 Å². The topological polar surface area (TPSA) is 65.3 Å². The van der Waals surface area contributed by atoms with Gasteiger partial charge in [0.1, 0.15) is 10.9 Å². The Balaban J connectivity index is 2.38. The van der Waals surface area contributed by atoms with Crippen LogP contribution in [0.15, 0.2) is 30.3 Å². The van der Waals surface area contributed by atoms with E-state index < -0.39 is 4.92 Å². The summed E-state index contributed by atoms with van der Waals surface area (Å²) in [7, 11) is 0. The van der Waals surface area contributed by atoms with Crippen LogP contribution >= 0.6 is 11.6 Å². The molecule has 2 aromatic rings. The van der Waals surface area contributed by atoms with Gasteiger partial charge in [0.05, 0.1) is 17.1 Å². The van der Waals surface area contributed by atoms with Crippen molar-refractivity contribution >= 4 is 17.3 Å². The largest absolute Gasteiger partial charge is 0.438 e. The highest BCUT2D eigenvalue weighted by Crippen LogP contribution is 2.29. The third kappa shape index (κ3) is 3.00. The van der Waals surface area contributed by atoms with Crippen LogP contribution in [0.5, 0.6) is 11.6 Å². The first kappa shape index (κ1) is 13.3. The van der Waals surface area contributed by atoms with Crippen molar-refractivity contribution in [3.63, 3.8) is 0 Å². The average molecular weight is 279 g/mol. The molecule has 98 valence electrons. The van der Waals surface area contributed by atoms with Gasteiger partial charge in [0.15, 0.2) is 0 Å². The van der Waals surface area contributed by atoms with Crippen LogP contribution in [0, 0.1) is 24.0 Å². The summed E-state index contributed by atoms with van der Waals surface area (Å²) in [6.45, 7) is 3.86. The molecule has 0 saturated carbocycles. The molecule has 6 heteroatoms. The van der Waals surface area contributed by atoms with Gasteiger partial charge in [0.2, 0.25) is 5.88 Å². The standard InChI is InChI=1S/C13H11ClN2O3/c1-8-4-3-5-11(9(8)2)19-13-7-10(16(17)18)6-12(14)15-13/h3-7H,1-2H3. The van der Waals surface area contributed by atoms with Crippen molar-refractivity contribution in [1.29, 1.82) is 0 Å². The second-order valence-corrected chi connectivity index (χ2v) is 4.43. The number of hydrogen-bond donors (Lipinski definition) is 0. The number of ether oxygens (including phenoxy) is 1. The zero-order chi connectivity index (χ0) is 14.0. The molecule has 0 atom stereocenters. The van der Waals surface area contributed by atoms with Gasteiger partial charge in [-0.2, -0.15) is 0 Å². The molecule has 19 heavy (non-hydrogen) atoms. The Morgan fingerprint density at radius 2 is 2.05 bits per heavy atom. The van der Waals surface area contributed by atoms with Gasteiger partial charge in [-0.05, 0) is 31.0 Å². The molecule has 0 radical (unpaired) electrons. The van der Waals surface area contributed by atoms with Gasteiger partial charge in [-0.25, -0.2) is 4.98 Å². The minimum Gasteiger partial charge on any atom is -0.438 e. The summed E-state index contributed by atoms with van der Waals surface area (Å²) in [5.41, 5.74) is 1.86. The fourth-order valence-corrected chi connectivity index (χ4v) is 1.76. The zero-order valence-corrected chi connectivity index (χ0v) is 11.1. The summed E-state index contributed by atoms with van der Waals surface area (Å²) >= 11 is 5.74. The molecule has 1 aromatic heterocycles. The van der Waals surface area contributed by atoms with Crippen LogP contribution in [0.4, 0.5) is 5.69 Å². The summed E-state index contributed by atoms with van der Waals surface area (Å²) in [5.74, 6) is 0.706. The van der Waals surface area contributed by atoms with Crippen molar-refractivity contribution in [3.8, 4) is 11.6 Å². The second kappa shape index (κ2) is 5.24. The van der Waals surface area contributed by atoms with Gasteiger partial charge in [-0.15, -0.1) is 0 Å². The summed E-state index contributed by atoms with van der Waals surface area (Å²) < 4.78 is 5.56. The van der Waals surface area contributed by atoms with Crippen LogP contribution in [-0.4, -0.2) is 9.91 Å². The Morgan fingerprint density at radius 1 is 1.32 bits per heavy atom. The van der Waals surface area contributed by atoms with Gasteiger partial charge in [-0.3, -0.25) is 10.1 Å². The first-order valence-electron chi connectivity index (χ1n) is 5.53. The molecular formula is C13H11ClN2O3. The molecule has 0 bridgehead atoms. The summed E-state index contributed by atoms with van der Waals surface area (Å²) in [6.07, 6.45) is 0. The molecular weight excluding hydrogens is 268 g/mol. The first-order valence-corrected chi connectivity index (χ1v) is 5.91. The van der Waals surface area contributed by atoms with Crippen LogP contribution in [0.25, 0.3) is 0 Å². The van der Waals surface area contributed by atoms with Crippen LogP contribution in [0.2, 0.25) is 5.15 Å². The monoisotopic (exact) mass is 278 g/mol. The number of benzene rings is 1. The molecule has 0 aliphatic rings.